The highest BCUT2D eigenvalue weighted by molar-refractivity contribution is 5.99. The lowest BCUT2D eigenvalue weighted by Crippen LogP contribution is -2.35. The zero-order chi connectivity index (χ0) is 14.6. The van der Waals surface area contributed by atoms with Gasteiger partial charge in [-0.25, -0.2) is 0 Å². The van der Waals surface area contributed by atoms with Crippen LogP contribution in [0.5, 0.6) is 0 Å². The quantitative estimate of drug-likeness (QED) is 0.626. The molecule has 0 radical (unpaired) electrons. The fourth-order valence-corrected chi connectivity index (χ4v) is 1.62. The van der Waals surface area contributed by atoms with E-state index >= 15 is 0 Å². The minimum absolute atomic E-state index is 0.00663. The van der Waals surface area contributed by atoms with Crippen LogP contribution in [0.4, 0.5) is 5.69 Å². The largest absolute Gasteiger partial charge is 0.391 e. The van der Waals surface area contributed by atoms with Gasteiger partial charge in [0, 0.05) is 12.6 Å². The lowest BCUT2D eigenvalue weighted by Gasteiger charge is -2.15. The van der Waals surface area contributed by atoms with Crippen molar-refractivity contribution >= 4 is 11.6 Å². The molecule has 1 aromatic rings. The van der Waals surface area contributed by atoms with Crippen LogP contribution in [0.25, 0.3) is 0 Å². The molecule has 1 atom stereocenters. The van der Waals surface area contributed by atoms with E-state index in [0.29, 0.717) is 5.56 Å². The van der Waals surface area contributed by atoms with E-state index in [9.17, 15) is 20.0 Å². The molecule has 0 aliphatic carbocycles. The molecule has 0 bridgehead atoms. The summed E-state index contributed by atoms with van der Waals surface area (Å²) >= 11 is 0. The van der Waals surface area contributed by atoms with Crippen molar-refractivity contribution in [2.24, 2.45) is 5.92 Å². The summed E-state index contributed by atoms with van der Waals surface area (Å²) in [5.74, 6) is -0.531. The van der Waals surface area contributed by atoms with Gasteiger partial charge in [0.15, 0.2) is 0 Å². The maximum absolute atomic E-state index is 12.0. The summed E-state index contributed by atoms with van der Waals surface area (Å²) in [6, 6.07) is 4.47. The Hall–Kier alpha value is -1.95. The van der Waals surface area contributed by atoms with Gasteiger partial charge in [0.1, 0.15) is 5.56 Å². The van der Waals surface area contributed by atoms with Crippen LogP contribution in [-0.2, 0) is 0 Å². The normalized spacial score (nSPS) is 12.3. The zero-order valence-corrected chi connectivity index (χ0v) is 11.2. The van der Waals surface area contributed by atoms with E-state index < -0.39 is 16.9 Å². The number of nitrogens with zero attached hydrogens (tertiary/aromatic N) is 1. The summed E-state index contributed by atoms with van der Waals surface area (Å²) in [6.45, 7) is 5.36. The second kappa shape index (κ2) is 6.29. The van der Waals surface area contributed by atoms with E-state index in [4.69, 9.17) is 0 Å². The molecule has 0 fully saturated rings. The average Bonchev–Trinajstić information content (AvgIpc) is 2.34. The smallest absolute Gasteiger partial charge is 0.282 e. The average molecular weight is 266 g/mol. The molecule has 1 amide bonds. The Morgan fingerprint density at radius 1 is 1.47 bits per heavy atom. The van der Waals surface area contributed by atoms with Crippen LogP contribution in [0.2, 0.25) is 0 Å². The molecule has 0 aliphatic rings. The zero-order valence-electron chi connectivity index (χ0n) is 11.2. The first-order valence-corrected chi connectivity index (χ1v) is 6.04. The standard InChI is InChI=1S/C13H18N2O4/c1-8(2)11(16)7-14-13(17)12-9(3)5-4-6-10(12)15(18)19/h4-6,8,11,16H,7H2,1-3H3,(H,14,17). The maximum atomic E-state index is 12.0. The van der Waals surface area contributed by atoms with Crippen LogP contribution >= 0.6 is 0 Å². The summed E-state index contributed by atoms with van der Waals surface area (Å²) in [4.78, 5) is 22.3. The molecule has 0 heterocycles. The van der Waals surface area contributed by atoms with Crippen LogP contribution in [0, 0.1) is 23.0 Å². The highest BCUT2D eigenvalue weighted by Crippen LogP contribution is 2.21. The van der Waals surface area contributed by atoms with E-state index in [1.807, 2.05) is 13.8 Å². The molecular weight excluding hydrogens is 248 g/mol. The molecule has 0 saturated heterocycles. The lowest BCUT2D eigenvalue weighted by atomic mass is 10.0. The first-order valence-electron chi connectivity index (χ1n) is 6.04. The van der Waals surface area contributed by atoms with Gasteiger partial charge in [0.05, 0.1) is 11.0 Å². The number of hydrogen-bond acceptors (Lipinski definition) is 4. The second-order valence-electron chi connectivity index (χ2n) is 4.75. The third-order valence-electron chi connectivity index (χ3n) is 2.92. The van der Waals surface area contributed by atoms with E-state index in [-0.39, 0.29) is 23.7 Å². The number of amides is 1. The van der Waals surface area contributed by atoms with Crippen molar-refractivity contribution in [3.63, 3.8) is 0 Å². The SMILES string of the molecule is Cc1cccc([N+](=O)[O-])c1C(=O)NCC(O)C(C)C. The topological polar surface area (TPSA) is 92.5 Å². The lowest BCUT2D eigenvalue weighted by molar-refractivity contribution is -0.385. The van der Waals surface area contributed by atoms with Gasteiger partial charge >= 0.3 is 0 Å². The molecule has 0 aromatic heterocycles. The predicted octanol–water partition coefficient (Wildman–Crippen LogP) is 1.65. The molecule has 1 aromatic carbocycles. The minimum Gasteiger partial charge on any atom is -0.391 e. The first-order chi connectivity index (χ1) is 8.84. The van der Waals surface area contributed by atoms with Gasteiger partial charge in [-0.3, -0.25) is 14.9 Å². The fraction of sp³-hybridized carbons (Fsp3) is 0.462. The minimum atomic E-state index is -0.674. The van der Waals surface area contributed by atoms with Gasteiger partial charge in [-0.15, -0.1) is 0 Å². The maximum Gasteiger partial charge on any atom is 0.282 e. The van der Waals surface area contributed by atoms with Crippen molar-refractivity contribution in [3.8, 4) is 0 Å². The summed E-state index contributed by atoms with van der Waals surface area (Å²) in [5.41, 5.74) is 0.353. The summed E-state index contributed by atoms with van der Waals surface area (Å²) in [5, 5.41) is 23.0. The Kier molecular flexibility index (Phi) is 5.00. The molecule has 104 valence electrons. The molecular formula is C13H18N2O4. The van der Waals surface area contributed by atoms with Gasteiger partial charge < -0.3 is 10.4 Å². The Bertz CT molecular complexity index is 486. The van der Waals surface area contributed by atoms with E-state index in [0.717, 1.165) is 0 Å². The summed E-state index contributed by atoms with van der Waals surface area (Å²) in [7, 11) is 0. The van der Waals surface area contributed by atoms with Crippen LogP contribution in [0.1, 0.15) is 29.8 Å². The fourth-order valence-electron chi connectivity index (χ4n) is 1.62. The number of aliphatic hydroxyl groups excluding tert-OH is 1. The van der Waals surface area contributed by atoms with Gasteiger partial charge in [-0.05, 0) is 18.4 Å². The highest BCUT2D eigenvalue weighted by Gasteiger charge is 2.22. The Morgan fingerprint density at radius 2 is 2.11 bits per heavy atom. The number of carbonyl (C=O) groups excluding carboxylic acids is 1. The van der Waals surface area contributed by atoms with Crippen LogP contribution in [0.15, 0.2) is 18.2 Å². The van der Waals surface area contributed by atoms with E-state index in [1.54, 1.807) is 13.0 Å². The van der Waals surface area contributed by atoms with Crippen LogP contribution in [-0.4, -0.2) is 28.6 Å². The molecule has 6 heteroatoms. The number of rotatable bonds is 5. The Balaban J connectivity index is 2.91. The number of aliphatic hydroxyl groups is 1. The van der Waals surface area contributed by atoms with Crippen LogP contribution in [0.3, 0.4) is 0 Å². The summed E-state index contributed by atoms with van der Waals surface area (Å²) < 4.78 is 0. The molecule has 0 aliphatic heterocycles. The van der Waals surface area contributed by atoms with Crippen molar-refractivity contribution in [1.82, 2.24) is 5.32 Å². The molecule has 1 unspecified atom stereocenters. The van der Waals surface area contributed by atoms with E-state index in [1.165, 1.54) is 12.1 Å². The van der Waals surface area contributed by atoms with Gasteiger partial charge in [-0.1, -0.05) is 26.0 Å². The molecule has 2 N–H and O–H groups in total. The number of carbonyl (C=O) groups is 1. The van der Waals surface area contributed by atoms with Crippen LogP contribution < -0.4 is 5.32 Å². The number of aryl methyl sites for hydroxylation is 1. The molecule has 1 rings (SSSR count). The number of nitro benzene ring substituents is 1. The van der Waals surface area contributed by atoms with Crippen molar-refractivity contribution in [1.29, 1.82) is 0 Å². The molecule has 0 spiro atoms. The van der Waals surface area contributed by atoms with E-state index in [2.05, 4.69) is 5.32 Å². The first kappa shape index (κ1) is 15.1. The number of hydrogen-bond donors (Lipinski definition) is 2. The third-order valence-corrected chi connectivity index (χ3v) is 2.92. The molecule has 19 heavy (non-hydrogen) atoms. The van der Waals surface area contributed by atoms with Crippen molar-refractivity contribution < 1.29 is 14.8 Å². The molecule has 0 saturated carbocycles. The second-order valence-corrected chi connectivity index (χ2v) is 4.75. The Labute approximate surface area is 111 Å². The van der Waals surface area contributed by atoms with Crippen molar-refractivity contribution in [3.05, 3.63) is 39.4 Å². The third kappa shape index (κ3) is 3.75. The number of nitrogens with one attached hydrogen (secondary N) is 1. The van der Waals surface area contributed by atoms with Gasteiger partial charge in [0.2, 0.25) is 0 Å². The number of benzene rings is 1. The molecule has 6 nitrogen and oxygen atoms in total. The van der Waals surface area contributed by atoms with Gasteiger partial charge in [0.25, 0.3) is 11.6 Å². The summed E-state index contributed by atoms with van der Waals surface area (Å²) in [6.07, 6.45) is -0.674. The number of nitro groups is 1. The van der Waals surface area contributed by atoms with Crippen molar-refractivity contribution in [2.75, 3.05) is 6.54 Å². The predicted molar refractivity (Wildman–Crippen MR) is 71.0 cm³/mol. The highest BCUT2D eigenvalue weighted by atomic mass is 16.6. The Morgan fingerprint density at radius 3 is 2.63 bits per heavy atom. The van der Waals surface area contributed by atoms with Crippen molar-refractivity contribution in [2.45, 2.75) is 26.9 Å². The monoisotopic (exact) mass is 266 g/mol. The van der Waals surface area contributed by atoms with Gasteiger partial charge in [-0.2, -0.15) is 0 Å².